The summed E-state index contributed by atoms with van der Waals surface area (Å²) in [5, 5.41) is 4.70. The van der Waals surface area contributed by atoms with Gasteiger partial charge in [-0.25, -0.2) is 4.98 Å². The van der Waals surface area contributed by atoms with E-state index in [-0.39, 0.29) is 27.8 Å². The van der Waals surface area contributed by atoms with E-state index in [0.29, 0.717) is 0 Å². The Labute approximate surface area is 407 Å². The topological polar surface area (TPSA) is 24.3 Å². The van der Waals surface area contributed by atoms with Gasteiger partial charge in [0.2, 0.25) is 0 Å². The van der Waals surface area contributed by atoms with Gasteiger partial charge in [-0.1, -0.05) is 173 Å². The average Bonchev–Trinajstić information content (AvgIpc) is 3.92. The molecular formula is C61H44BN4Pt-3. The number of fused-ring (bicyclic) bond motifs is 6. The summed E-state index contributed by atoms with van der Waals surface area (Å²) in [5.74, 6) is 0.870. The first-order valence-electron chi connectivity index (χ1n) is 22.7. The van der Waals surface area contributed by atoms with Gasteiger partial charge in [0.05, 0.1) is 0 Å². The van der Waals surface area contributed by atoms with Crippen LogP contribution in [0.4, 0.5) is 22.7 Å². The number of rotatable bonds is 8. The first kappa shape index (κ1) is 42.2. The van der Waals surface area contributed by atoms with E-state index >= 15 is 0 Å². The number of hydrogen-bond acceptors (Lipinski definition) is 3. The van der Waals surface area contributed by atoms with E-state index < -0.39 is 0 Å². The summed E-state index contributed by atoms with van der Waals surface area (Å²) < 4.78 is 2.26. The van der Waals surface area contributed by atoms with Crippen molar-refractivity contribution in [3.63, 3.8) is 0 Å². The van der Waals surface area contributed by atoms with Gasteiger partial charge in [-0.15, -0.1) is 17.7 Å². The van der Waals surface area contributed by atoms with Crippen LogP contribution in [0.15, 0.2) is 206 Å². The molecule has 4 nitrogen and oxygen atoms in total. The molecule has 6 heteroatoms. The van der Waals surface area contributed by atoms with Crippen LogP contribution in [-0.2, 0) is 21.1 Å². The van der Waals surface area contributed by atoms with Gasteiger partial charge in [0.25, 0.3) is 0 Å². The smallest absolute Gasteiger partial charge is 0.192 e. The van der Waals surface area contributed by atoms with Crippen LogP contribution < -0.4 is 26.2 Å². The molecule has 0 spiro atoms. The van der Waals surface area contributed by atoms with Crippen LogP contribution in [0.2, 0.25) is 0 Å². The second-order valence-electron chi connectivity index (χ2n) is 17.4. The van der Waals surface area contributed by atoms with Gasteiger partial charge < -0.3 is 14.4 Å². The molecule has 0 atom stereocenters. The first-order valence-corrected chi connectivity index (χ1v) is 22.7. The van der Waals surface area contributed by atoms with Crippen molar-refractivity contribution in [2.24, 2.45) is 0 Å². The van der Waals surface area contributed by atoms with Gasteiger partial charge in [0.1, 0.15) is 5.82 Å². The van der Waals surface area contributed by atoms with Crippen molar-refractivity contribution in [3.8, 4) is 28.1 Å². The molecule has 9 aromatic carbocycles. The molecule has 0 amide bonds. The van der Waals surface area contributed by atoms with Crippen LogP contribution in [0.3, 0.4) is 0 Å². The van der Waals surface area contributed by atoms with Gasteiger partial charge in [0.15, 0.2) is 6.71 Å². The molecule has 0 unspecified atom stereocenters. The van der Waals surface area contributed by atoms with E-state index in [1.54, 1.807) is 0 Å². The SMILES string of the molecule is Cc1cc(C)c(B(c2[c-]c(N3[CH-]N(c4c(-c5ccccc5)cccc4-c4ccccc4)c4c3ccc3ccccc43)ccc2)c2[c-]c3c(cc2)c2ccccc2n3-c2ccccn2)c(C)c1.[Pt]. The summed E-state index contributed by atoms with van der Waals surface area (Å²) in [7, 11) is 0. The van der Waals surface area contributed by atoms with E-state index in [4.69, 9.17) is 4.98 Å². The third-order valence-corrected chi connectivity index (χ3v) is 13.3. The summed E-state index contributed by atoms with van der Waals surface area (Å²) in [5.41, 5.74) is 18.2. The number of aryl methyl sites for hydroxylation is 3. The molecule has 0 saturated heterocycles. The molecule has 0 bridgehead atoms. The minimum atomic E-state index is -0.164. The van der Waals surface area contributed by atoms with Crippen molar-refractivity contribution >= 4 is 78.4 Å². The number of aromatic nitrogens is 2. The molecule has 0 radical (unpaired) electrons. The molecule has 3 heterocycles. The molecule has 0 aliphatic carbocycles. The van der Waals surface area contributed by atoms with Crippen LogP contribution in [0.1, 0.15) is 16.7 Å². The minimum absolute atomic E-state index is 0. The van der Waals surface area contributed by atoms with Crippen molar-refractivity contribution < 1.29 is 21.1 Å². The van der Waals surface area contributed by atoms with Gasteiger partial charge in [-0.2, -0.15) is 53.4 Å². The van der Waals surface area contributed by atoms with Gasteiger partial charge >= 0.3 is 0 Å². The molecule has 0 fully saturated rings. The summed E-state index contributed by atoms with van der Waals surface area (Å²) in [6.07, 6.45) is 1.86. The number of anilines is 4. The fourth-order valence-corrected chi connectivity index (χ4v) is 10.5. The molecular weight excluding hydrogens is 995 g/mol. The Hall–Kier alpha value is -7.46. The Balaban J connectivity index is 0.00000494. The molecule has 0 saturated carbocycles. The van der Waals surface area contributed by atoms with E-state index in [1.165, 1.54) is 38.3 Å². The quantitative estimate of drug-likeness (QED) is 0.112. The summed E-state index contributed by atoms with van der Waals surface area (Å²) in [6.45, 7) is 8.80. The predicted molar refractivity (Wildman–Crippen MR) is 278 cm³/mol. The Morgan fingerprint density at radius 1 is 0.507 bits per heavy atom. The maximum Gasteiger partial charge on any atom is 0.192 e. The summed E-state index contributed by atoms with van der Waals surface area (Å²) >= 11 is 0. The van der Waals surface area contributed by atoms with Gasteiger partial charge in [-0.05, 0) is 66.9 Å². The van der Waals surface area contributed by atoms with Crippen LogP contribution >= 0.6 is 0 Å². The number of pyridine rings is 1. The Morgan fingerprint density at radius 3 is 1.87 bits per heavy atom. The first-order chi connectivity index (χ1) is 32.5. The average molecular weight is 1040 g/mol. The normalized spacial score (nSPS) is 12.2. The number of para-hydroxylation sites is 2. The maximum atomic E-state index is 4.84. The molecule has 1 aliphatic rings. The second-order valence-corrected chi connectivity index (χ2v) is 17.4. The zero-order chi connectivity index (χ0) is 44.3. The Bertz CT molecular complexity index is 3540. The summed E-state index contributed by atoms with van der Waals surface area (Å²) in [4.78, 5) is 9.60. The molecule has 324 valence electrons. The molecule has 2 aromatic heterocycles. The summed E-state index contributed by atoms with van der Waals surface area (Å²) in [6, 6.07) is 80.0. The van der Waals surface area contributed by atoms with Crippen molar-refractivity contribution in [2.45, 2.75) is 20.8 Å². The van der Waals surface area contributed by atoms with Crippen LogP contribution in [0.25, 0.3) is 60.6 Å². The van der Waals surface area contributed by atoms with E-state index in [0.717, 1.165) is 78.2 Å². The second kappa shape index (κ2) is 17.4. The third kappa shape index (κ3) is 7.26. The maximum absolute atomic E-state index is 4.84. The van der Waals surface area contributed by atoms with Crippen LogP contribution in [0.5, 0.6) is 0 Å². The molecule has 67 heavy (non-hydrogen) atoms. The third-order valence-electron chi connectivity index (χ3n) is 13.3. The standard InChI is InChI=1S/C61H44BN4.Pt/c1-41-36-42(2)59(43(3)37-41)62(48-32-33-54-53-26-12-13-29-55(53)66(57(54)39-48)58-30-14-15-35-63-58)47-23-16-24-49(38-47)64-40-65(61-52-25-11-10-22-46(52)31-34-56(61)64)60-50(44-18-6-4-7-19-44)27-17-28-51(60)45-20-8-5-9-21-45;/h4-37,40H,1-3H3;/q-3;. The molecule has 11 aromatic rings. The number of benzene rings is 9. The monoisotopic (exact) mass is 1040 g/mol. The van der Waals surface area contributed by atoms with E-state index in [2.05, 4.69) is 248 Å². The van der Waals surface area contributed by atoms with E-state index in [9.17, 15) is 0 Å². The largest absolute Gasteiger partial charge is 0.493 e. The molecule has 12 rings (SSSR count). The molecule has 0 N–H and O–H groups in total. The van der Waals surface area contributed by atoms with Crippen molar-refractivity contribution in [1.82, 2.24) is 9.55 Å². The minimum Gasteiger partial charge on any atom is -0.493 e. The zero-order valence-electron chi connectivity index (χ0n) is 37.4. The fraction of sp³-hybridized carbons (Fsp3) is 0.0492. The van der Waals surface area contributed by atoms with Crippen LogP contribution in [-0.4, -0.2) is 16.3 Å². The van der Waals surface area contributed by atoms with E-state index in [1.807, 2.05) is 12.3 Å². The van der Waals surface area contributed by atoms with Crippen molar-refractivity contribution in [3.05, 3.63) is 242 Å². The van der Waals surface area contributed by atoms with Crippen molar-refractivity contribution in [2.75, 3.05) is 9.80 Å². The molecule has 1 aliphatic heterocycles. The van der Waals surface area contributed by atoms with Gasteiger partial charge in [0, 0.05) is 66.4 Å². The Kier molecular flexibility index (Phi) is 11.0. The van der Waals surface area contributed by atoms with Crippen molar-refractivity contribution in [1.29, 1.82) is 0 Å². The van der Waals surface area contributed by atoms with Crippen LogP contribution in [0, 0.1) is 39.6 Å². The van der Waals surface area contributed by atoms with Gasteiger partial charge in [-0.3, -0.25) is 0 Å². The zero-order valence-corrected chi connectivity index (χ0v) is 39.7. The number of hydrogen-bond donors (Lipinski definition) is 0. The predicted octanol–water partition coefficient (Wildman–Crippen LogP) is 13.1. The fourth-order valence-electron chi connectivity index (χ4n) is 10.5. The Morgan fingerprint density at radius 2 is 1.15 bits per heavy atom. The number of nitrogens with zero attached hydrogens (tertiary/aromatic N) is 4.